The lowest BCUT2D eigenvalue weighted by molar-refractivity contribution is 0.306. The van der Waals surface area contributed by atoms with Crippen molar-refractivity contribution in [1.82, 2.24) is 0 Å². The number of ether oxygens (including phenoxy) is 1. The predicted molar refractivity (Wildman–Crippen MR) is 80.8 cm³/mol. The molecule has 0 atom stereocenters. The van der Waals surface area contributed by atoms with Crippen LogP contribution >= 0.6 is 11.6 Å². The van der Waals surface area contributed by atoms with Crippen LogP contribution < -0.4 is 4.74 Å². The Morgan fingerprint density at radius 2 is 1.85 bits per heavy atom. The van der Waals surface area contributed by atoms with Crippen molar-refractivity contribution in [2.24, 2.45) is 5.16 Å². The average molecular weight is 290 g/mol. The Morgan fingerprint density at radius 1 is 1.15 bits per heavy atom. The monoisotopic (exact) mass is 289 g/mol. The predicted octanol–water partition coefficient (Wildman–Crippen LogP) is 4.51. The third kappa shape index (κ3) is 3.52. The highest BCUT2D eigenvalue weighted by molar-refractivity contribution is 6.31. The van der Waals surface area contributed by atoms with Gasteiger partial charge in [0.15, 0.2) is 0 Å². The van der Waals surface area contributed by atoms with Gasteiger partial charge in [0.1, 0.15) is 12.4 Å². The number of benzene rings is 2. The summed E-state index contributed by atoms with van der Waals surface area (Å²) in [6, 6.07) is 15.1. The van der Waals surface area contributed by atoms with Crippen molar-refractivity contribution in [3.05, 3.63) is 64.7 Å². The lowest BCUT2D eigenvalue weighted by atomic mass is 10.1. The summed E-state index contributed by atoms with van der Waals surface area (Å²) in [5.41, 5.74) is 2.49. The molecule has 0 amide bonds. The van der Waals surface area contributed by atoms with Crippen molar-refractivity contribution in [1.29, 1.82) is 0 Å². The van der Waals surface area contributed by atoms with Crippen LogP contribution in [0.15, 0.2) is 53.7 Å². The molecule has 4 heteroatoms. The van der Waals surface area contributed by atoms with Crippen molar-refractivity contribution in [2.75, 3.05) is 0 Å². The van der Waals surface area contributed by atoms with Gasteiger partial charge in [-0.05, 0) is 42.3 Å². The van der Waals surface area contributed by atoms with E-state index in [-0.39, 0.29) is 0 Å². The molecule has 3 nitrogen and oxygen atoms in total. The van der Waals surface area contributed by atoms with Crippen LogP contribution in [0.25, 0.3) is 0 Å². The molecule has 0 aliphatic heterocycles. The third-order valence-electron chi connectivity index (χ3n) is 3.00. The molecular formula is C16H16ClNO2. The van der Waals surface area contributed by atoms with Crippen LogP contribution in [0, 0.1) is 0 Å². The van der Waals surface area contributed by atoms with Crippen molar-refractivity contribution < 1.29 is 9.94 Å². The number of nitrogens with zero attached hydrogens (tertiary/aromatic N) is 1. The first-order chi connectivity index (χ1) is 9.74. The van der Waals surface area contributed by atoms with Crippen LogP contribution in [0.3, 0.4) is 0 Å². The number of hydrogen-bond acceptors (Lipinski definition) is 3. The fourth-order valence-electron chi connectivity index (χ4n) is 1.85. The van der Waals surface area contributed by atoms with E-state index >= 15 is 0 Å². The van der Waals surface area contributed by atoms with Crippen LogP contribution in [-0.2, 0) is 6.61 Å². The molecule has 0 radical (unpaired) electrons. The molecule has 2 aromatic rings. The second kappa shape index (κ2) is 6.96. The fourth-order valence-corrected chi connectivity index (χ4v) is 2.04. The zero-order valence-corrected chi connectivity index (χ0v) is 12.0. The van der Waals surface area contributed by atoms with E-state index in [4.69, 9.17) is 21.5 Å². The molecule has 0 unspecified atom stereocenters. The van der Waals surface area contributed by atoms with Gasteiger partial charge in [-0.1, -0.05) is 41.9 Å². The van der Waals surface area contributed by atoms with Crippen molar-refractivity contribution in [3.8, 4) is 5.75 Å². The number of rotatable bonds is 5. The SMILES string of the molecule is CC/C(=N\O)c1ccc(OCc2ccccc2Cl)cc1. The summed E-state index contributed by atoms with van der Waals surface area (Å²) < 4.78 is 5.69. The average Bonchev–Trinajstić information content (AvgIpc) is 2.49. The summed E-state index contributed by atoms with van der Waals surface area (Å²) in [5, 5.41) is 12.8. The van der Waals surface area contributed by atoms with Gasteiger partial charge in [0.25, 0.3) is 0 Å². The van der Waals surface area contributed by atoms with Crippen molar-refractivity contribution >= 4 is 17.3 Å². The van der Waals surface area contributed by atoms with E-state index in [9.17, 15) is 0 Å². The standard InChI is InChI=1S/C16H16ClNO2/c1-2-16(18-19)12-7-9-14(10-8-12)20-11-13-5-3-4-6-15(13)17/h3-10,19H,2,11H2,1H3/b18-16+. The minimum Gasteiger partial charge on any atom is -0.489 e. The third-order valence-corrected chi connectivity index (χ3v) is 3.36. The maximum atomic E-state index is 8.87. The highest BCUT2D eigenvalue weighted by atomic mass is 35.5. The second-order valence-corrected chi connectivity index (χ2v) is 4.71. The first-order valence-corrected chi connectivity index (χ1v) is 6.80. The largest absolute Gasteiger partial charge is 0.489 e. The molecule has 104 valence electrons. The maximum Gasteiger partial charge on any atom is 0.119 e. The van der Waals surface area contributed by atoms with Gasteiger partial charge in [-0.3, -0.25) is 0 Å². The molecule has 1 N–H and O–H groups in total. The summed E-state index contributed by atoms with van der Waals surface area (Å²) in [7, 11) is 0. The van der Waals surface area contributed by atoms with Gasteiger partial charge in [0.2, 0.25) is 0 Å². The Morgan fingerprint density at radius 3 is 2.45 bits per heavy atom. The minimum absolute atomic E-state index is 0.424. The molecule has 0 aliphatic rings. The lowest BCUT2D eigenvalue weighted by Gasteiger charge is -2.08. The van der Waals surface area contributed by atoms with E-state index in [1.54, 1.807) is 0 Å². The Balaban J connectivity index is 2.03. The summed E-state index contributed by atoms with van der Waals surface area (Å²) in [5.74, 6) is 0.752. The maximum absolute atomic E-state index is 8.87. The lowest BCUT2D eigenvalue weighted by Crippen LogP contribution is -2.00. The molecule has 0 saturated heterocycles. The first kappa shape index (κ1) is 14.4. The first-order valence-electron chi connectivity index (χ1n) is 6.42. The normalized spacial score (nSPS) is 11.4. The molecular weight excluding hydrogens is 274 g/mol. The molecule has 2 rings (SSSR count). The molecule has 0 aliphatic carbocycles. The summed E-state index contributed by atoms with van der Waals surface area (Å²) in [6.45, 7) is 2.37. The van der Waals surface area contributed by atoms with E-state index in [1.807, 2.05) is 55.5 Å². The number of halogens is 1. The van der Waals surface area contributed by atoms with Crippen LogP contribution in [-0.4, -0.2) is 10.9 Å². The second-order valence-electron chi connectivity index (χ2n) is 4.30. The van der Waals surface area contributed by atoms with Gasteiger partial charge < -0.3 is 9.94 Å². The van der Waals surface area contributed by atoms with Gasteiger partial charge in [-0.2, -0.15) is 0 Å². The quantitative estimate of drug-likeness (QED) is 0.500. The number of hydrogen-bond donors (Lipinski definition) is 1. The topological polar surface area (TPSA) is 41.8 Å². The zero-order valence-electron chi connectivity index (χ0n) is 11.2. The van der Waals surface area contributed by atoms with Gasteiger partial charge in [0, 0.05) is 10.6 Å². The van der Waals surface area contributed by atoms with Crippen molar-refractivity contribution in [3.63, 3.8) is 0 Å². The van der Waals surface area contributed by atoms with Crippen LogP contribution in [0.5, 0.6) is 5.75 Å². The smallest absolute Gasteiger partial charge is 0.119 e. The van der Waals surface area contributed by atoms with Gasteiger partial charge in [-0.25, -0.2) is 0 Å². The van der Waals surface area contributed by atoms with E-state index in [2.05, 4.69) is 5.16 Å². The minimum atomic E-state index is 0.424. The van der Waals surface area contributed by atoms with Gasteiger partial charge >= 0.3 is 0 Å². The fraction of sp³-hybridized carbons (Fsp3) is 0.188. The van der Waals surface area contributed by atoms with E-state index in [0.29, 0.717) is 23.8 Å². The summed E-state index contributed by atoms with van der Waals surface area (Å²) >= 11 is 6.07. The van der Waals surface area contributed by atoms with Gasteiger partial charge in [0.05, 0.1) is 5.71 Å². The molecule has 2 aromatic carbocycles. The van der Waals surface area contributed by atoms with Crippen molar-refractivity contribution in [2.45, 2.75) is 20.0 Å². The Kier molecular flexibility index (Phi) is 5.02. The molecule has 0 bridgehead atoms. The van der Waals surface area contributed by atoms with Gasteiger partial charge in [-0.15, -0.1) is 0 Å². The molecule has 0 spiro atoms. The highest BCUT2D eigenvalue weighted by Crippen LogP contribution is 2.19. The Hall–Kier alpha value is -2.00. The van der Waals surface area contributed by atoms with E-state index < -0.39 is 0 Å². The molecule has 0 aromatic heterocycles. The molecule has 0 fully saturated rings. The molecule has 20 heavy (non-hydrogen) atoms. The van der Waals surface area contributed by atoms with E-state index in [1.165, 1.54) is 0 Å². The van der Waals surface area contributed by atoms with Crippen LogP contribution in [0.2, 0.25) is 5.02 Å². The summed E-state index contributed by atoms with van der Waals surface area (Å²) in [4.78, 5) is 0. The number of oxime groups is 1. The summed E-state index contributed by atoms with van der Waals surface area (Å²) in [6.07, 6.45) is 0.677. The van der Waals surface area contributed by atoms with Crippen LogP contribution in [0.4, 0.5) is 0 Å². The van der Waals surface area contributed by atoms with E-state index in [0.717, 1.165) is 16.9 Å². The van der Waals surface area contributed by atoms with Crippen LogP contribution in [0.1, 0.15) is 24.5 Å². The zero-order chi connectivity index (χ0) is 14.4. The highest BCUT2D eigenvalue weighted by Gasteiger charge is 2.03. The Bertz CT molecular complexity index is 594. The Labute approximate surface area is 123 Å². The molecule has 0 saturated carbocycles. The molecule has 0 heterocycles.